The molecule has 0 atom stereocenters. The third-order valence-corrected chi connectivity index (χ3v) is 4.62. The summed E-state index contributed by atoms with van der Waals surface area (Å²) < 4.78 is 4.65. The maximum absolute atomic E-state index is 4.74. The second-order valence-corrected chi connectivity index (χ2v) is 7.01. The molecule has 0 radical (unpaired) electrons. The number of benzene rings is 2. The lowest BCUT2D eigenvalue weighted by molar-refractivity contribution is 1.21. The number of aromatic nitrogens is 2. The van der Waals surface area contributed by atoms with Crippen LogP contribution in [0.5, 0.6) is 0 Å². The van der Waals surface area contributed by atoms with Crippen LogP contribution in [0.2, 0.25) is 0 Å². The largest absolute Gasteiger partial charge is 0.301 e. The van der Waals surface area contributed by atoms with Crippen molar-refractivity contribution in [3.05, 3.63) is 55.8 Å². The molecule has 0 fully saturated rings. The van der Waals surface area contributed by atoms with E-state index in [9.17, 15) is 0 Å². The first-order valence-corrected chi connectivity index (χ1v) is 8.03. The SMILES string of the molecule is Ic1ccc2nc3cc4cc(I)ccc4n3cc2c1. The quantitative estimate of drug-likeness (QED) is 0.336. The van der Waals surface area contributed by atoms with Crippen LogP contribution < -0.4 is 0 Å². The normalized spacial score (nSPS) is 11.7. The third-order valence-electron chi connectivity index (χ3n) is 3.27. The van der Waals surface area contributed by atoms with Gasteiger partial charge in [-0.3, -0.25) is 0 Å². The Morgan fingerprint density at radius 3 is 2.42 bits per heavy atom. The van der Waals surface area contributed by atoms with Crippen LogP contribution in [0.15, 0.2) is 48.7 Å². The number of hydrogen-bond donors (Lipinski definition) is 0. The molecular weight excluding hydrogens is 462 g/mol. The summed E-state index contributed by atoms with van der Waals surface area (Å²) in [5.41, 5.74) is 3.26. The van der Waals surface area contributed by atoms with Crippen LogP contribution in [0.3, 0.4) is 0 Å². The monoisotopic (exact) mass is 470 g/mol. The molecule has 0 aliphatic heterocycles. The molecule has 2 aromatic carbocycles. The van der Waals surface area contributed by atoms with Crippen LogP contribution in [-0.2, 0) is 0 Å². The van der Waals surface area contributed by atoms with Gasteiger partial charge in [-0.05, 0) is 87.6 Å². The van der Waals surface area contributed by atoms with E-state index in [1.54, 1.807) is 0 Å². The van der Waals surface area contributed by atoms with Crippen LogP contribution >= 0.6 is 45.2 Å². The Kier molecular flexibility index (Phi) is 2.70. The fraction of sp³-hybridized carbons (Fsp3) is 0. The molecule has 4 rings (SSSR count). The maximum Gasteiger partial charge on any atom is 0.138 e. The van der Waals surface area contributed by atoms with Gasteiger partial charge in [-0.15, -0.1) is 0 Å². The topological polar surface area (TPSA) is 17.3 Å². The smallest absolute Gasteiger partial charge is 0.138 e. The molecule has 2 aromatic heterocycles. The Labute approximate surface area is 137 Å². The second kappa shape index (κ2) is 4.31. The lowest BCUT2D eigenvalue weighted by Gasteiger charge is -2.02. The van der Waals surface area contributed by atoms with Gasteiger partial charge in [0.15, 0.2) is 0 Å². The number of hydrogen-bond acceptors (Lipinski definition) is 1. The standard InChI is InChI=1S/C15H8I2N2/c16-11-1-3-13-10(6-11)8-19-14-4-2-12(17)5-9(14)7-15(19)18-13/h1-8H. The first-order valence-electron chi connectivity index (χ1n) is 5.87. The lowest BCUT2D eigenvalue weighted by Crippen LogP contribution is -1.89. The Morgan fingerprint density at radius 1 is 0.842 bits per heavy atom. The van der Waals surface area contributed by atoms with Crippen molar-refractivity contribution in [3.8, 4) is 0 Å². The lowest BCUT2D eigenvalue weighted by atomic mass is 10.2. The van der Waals surface area contributed by atoms with Crippen LogP contribution in [-0.4, -0.2) is 9.38 Å². The highest BCUT2D eigenvalue weighted by Gasteiger charge is 2.06. The first kappa shape index (κ1) is 11.9. The van der Waals surface area contributed by atoms with E-state index >= 15 is 0 Å². The average Bonchev–Trinajstić information content (AvgIpc) is 2.72. The Hall–Kier alpha value is -0.890. The number of nitrogens with zero attached hydrogens (tertiary/aromatic N) is 2. The average molecular weight is 470 g/mol. The van der Waals surface area contributed by atoms with E-state index < -0.39 is 0 Å². The molecule has 0 bridgehead atoms. The summed E-state index contributed by atoms with van der Waals surface area (Å²) in [5.74, 6) is 0. The summed E-state index contributed by atoms with van der Waals surface area (Å²) in [6.07, 6.45) is 2.18. The zero-order chi connectivity index (χ0) is 13.0. The fourth-order valence-electron chi connectivity index (χ4n) is 2.41. The Bertz CT molecular complexity index is 941. The van der Waals surface area contributed by atoms with Gasteiger partial charge < -0.3 is 4.40 Å². The first-order chi connectivity index (χ1) is 9.20. The molecule has 19 heavy (non-hydrogen) atoms. The number of fused-ring (bicyclic) bond motifs is 4. The van der Waals surface area contributed by atoms with E-state index in [2.05, 4.69) is 98.2 Å². The Balaban J connectivity index is 2.20. The molecule has 0 spiro atoms. The predicted molar refractivity (Wildman–Crippen MR) is 95.6 cm³/mol. The van der Waals surface area contributed by atoms with Crippen molar-refractivity contribution in [1.82, 2.24) is 9.38 Å². The van der Waals surface area contributed by atoms with Crippen molar-refractivity contribution < 1.29 is 0 Å². The zero-order valence-electron chi connectivity index (χ0n) is 9.77. The molecule has 0 amide bonds. The summed E-state index contributed by atoms with van der Waals surface area (Å²) in [6.45, 7) is 0. The van der Waals surface area contributed by atoms with Crippen LogP contribution in [0.1, 0.15) is 0 Å². The fourth-order valence-corrected chi connectivity index (χ4v) is 3.44. The molecule has 4 aromatic rings. The van der Waals surface area contributed by atoms with E-state index in [0.717, 1.165) is 11.2 Å². The molecule has 0 aliphatic carbocycles. The van der Waals surface area contributed by atoms with Crippen molar-refractivity contribution >= 4 is 72.6 Å². The van der Waals surface area contributed by atoms with Crippen molar-refractivity contribution in [2.24, 2.45) is 0 Å². The maximum atomic E-state index is 4.74. The van der Waals surface area contributed by atoms with Gasteiger partial charge in [-0.25, -0.2) is 4.98 Å². The van der Waals surface area contributed by atoms with Crippen LogP contribution in [0, 0.1) is 7.14 Å². The van der Waals surface area contributed by atoms with Gasteiger partial charge in [-0.2, -0.15) is 0 Å². The van der Waals surface area contributed by atoms with Crippen LogP contribution in [0.4, 0.5) is 0 Å². The van der Waals surface area contributed by atoms with Gasteiger partial charge >= 0.3 is 0 Å². The van der Waals surface area contributed by atoms with Gasteiger partial charge in [0.2, 0.25) is 0 Å². The van der Waals surface area contributed by atoms with Gasteiger partial charge in [0.05, 0.1) is 11.0 Å². The summed E-state index contributed by atoms with van der Waals surface area (Å²) >= 11 is 4.68. The summed E-state index contributed by atoms with van der Waals surface area (Å²) in [5, 5.41) is 2.42. The molecule has 4 heteroatoms. The van der Waals surface area contributed by atoms with E-state index in [0.29, 0.717) is 0 Å². The predicted octanol–water partition coefficient (Wildman–Crippen LogP) is 4.85. The minimum absolute atomic E-state index is 1.01. The summed E-state index contributed by atoms with van der Waals surface area (Å²) in [6, 6.07) is 15.0. The van der Waals surface area contributed by atoms with E-state index in [1.807, 2.05) is 0 Å². The van der Waals surface area contributed by atoms with Crippen molar-refractivity contribution in [2.45, 2.75) is 0 Å². The zero-order valence-corrected chi connectivity index (χ0v) is 14.1. The molecule has 0 aliphatic rings. The van der Waals surface area contributed by atoms with E-state index in [-0.39, 0.29) is 0 Å². The summed E-state index contributed by atoms with van der Waals surface area (Å²) in [7, 11) is 0. The number of rotatable bonds is 0. The number of halogens is 2. The minimum Gasteiger partial charge on any atom is -0.301 e. The summed E-state index contributed by atoms with van der Waals surface area (Å²) in [4.78, 5) is 4.74. The van der Waals surface area contributed by atoms with Crippen LogP contribution in [0.25, 0.3) is 27.5 Å². The van der Waals surface area contributed by atoms with E-state index in [1.165, 1.54) is 23.4 Å². The van der Waals surface area contributed by atoms with Crippen molar-refractivity contribution in [3.63, 3.8) is 0 Å². The highest BCUT2D eigenvalue weighted by molar-refractivity contribution is 14.1. The molecule has 0 saturated carbocycles. The molecule has 2 heterocycles. The van der Waals surface area contributed by atoms with Gasteiger partial charge in [-0.1, -0.05) is 0 Å². The van der Waals surface area contributed by atoms with Crippen molar-refractivity contribution in [2.75, 3.05) is 0 Å². The second-order valence-electron chi connectivity index (χ2n) is 4.52. The highest BCUT2D eigenvalue weighted by Crippen LogP contribution is 2.24. The third kappa shape index (κ3) is 1.92. The van der Waals surface area contributed by atoms with Crippen molar-refractivity contribution in [1.29, 1.82) is 0 Å². The molecule has 0 unspecified atom stereocenters. The molecule has 0 N–H and O–H groups in total. The van der Waals surface area contributed by atoms with Gasteiger partial charge in [0, 0.05) is 24.1 Å². The highest BCUT2D eigenvalue weighted by atomic mass is 127. The van der Waals surface area contributed by atoms with Gasteiger partial charge in [0.1, 0.15) is 5.65 Å². The molecule has 2 nitrogen and oxygen atoms in total. The minimum atomic E-state index is 1.01. The van der Waals surface area contributed by atoms with Gasteiger partial charge in [0.25, 0.3) is 0 Å². The molecule has 92 valence electrons. The Morgan fingerprint density at radius 2 is 1.58 bits per heavy atom. The molecule has 0 saturated heterocycles. The molecular formula is C15H8I2N2. The van der Waals surface area contributed by atoms with E-state index in [4.69, 9.17) is 4.98 Å².